The maximum atomic E-state index is 11.3. The predicted octanol–water partition coefficient (Wildman–Crippen LogP) is 2.29. The number of esters is 2. The molecular formula is C14H18O4. The maximum Gasteiger partial charge on any atom is 0.334 e. The first-order valence-electron chi connectivity index (χ1n) is 6.05. The van der Waals surface area contributed by atoms with Crippen LogP contribution in [0.25, 0.3) is 0 Å². The molecule has 0 aromatic heterocycles. The average molecular weight is 250 g/mol. The third-order valence-electron chi connectivity index (χ3n) is 3.61. The lowest BCUT2D eigenvalue weighted by Crippen LogP contribution is -2.31. The number of hydrogen-bond donors (Lipinski definition) is 0. The normalized spacial score (nSPS) is 35.9. The van der Waals surface area contributed by atoms with Gasteiger partial charge in [0.05, 0.1) is 0 Å². The lowest BCUT2D eigenvalue weighted by molar-refractivity contribution is -0.151. The molecule has 0 aliphatic carbocycles. The van der Waals surface area contributed by atoms with Crippen LogP contribution in [0.4, 0.5) is 0 Å². The molecule has 2 aliphatic heterocycles. The van der Waals surface area contributed by atoms with Crippen LogP contribution in [-0.4, -0.2) is 23.1 Å². The van der Waals surface area contributed by atoms with Crippen molar-refractivity contribution in [1.82, 2.24) is 0 Å². The predicted molar refractivity (Wildman–Crippen MR) is 65.7 cm³/mol. The Morgan fingerprint density at radius 2 is 1.28 bits per heavy atom. The molecule has 0 radical (unpaired) electrons. The summed E-state index contributed by atoms with van der Waals surface area (Å²) in [6, 6.07) is 0. The smallest absolute Gasteiger partial charge is 0.334 e. The largest absolute Gasteiger partial charge is 0.456 e. The van der Waals surface area contributed by atoms with Crippen LogP contribution in [0.2, 0.25) is 0 Å². The monoisotopic (exact) mass is 250 g/mol. The minimum atomic E-state index is -0.520. The molecule has 0 bridgehead atoms. The molecule has 0 aromatic rings. The van der Waals surface area contributed by atoms with Gasteiger partial charge < -0.3 is 9.47 Å². The van der Waals surface area contributed by atoms with Crippen molar-refractivity contribution >= 4 is 11.9 Å². The molecule has 0 aromatic carbocycles. The van der Waals surface area contributed by atoms with Crippen molar-refractivity contribution in [2.24, 2.45) is 0 Å². The third kappa shape index (κ3) is 2.33. The minimum absolute atomic E-state index is 0.324. The van der Waals surface area contributed by atoms with Crippen LogP contribution in [0.3, 0.4) is 0 Å². The van der Waals surface area contributed by atoms with E-state index in [9.17, 15) is 9.59 Å². The van der Waals surface area contributed by atoms with Crippen LogP contribution < -0.4 is 0 Å². The summed E-state index contributed by atoms with van der Waals surface area (Å²) in [4.78, 5) is 22.7. The zero-order valence-corrected chi connectivity index (χ0v) is 10.9. The highest BCUT2D eigenvalue weighted by Crippen LogP contribution is 2.39. The molecule has 0 unspecified atom stereocenters. The van der Waals surface area contributed by atoms with Crippen molar-refractivity contribution in [3.8, 4) is 0 Å². The van der Waals surface area contributed by atoms with Gasteiger partial charge in [-0.2, -0.15) is 0 Å². The van der Waals surface area contributed by atoms with E-state index in [1.807, 2.05) is 13.8 Å². The van der Waals surface area contributed by atoms with E-state index in [1.54, 1.807) is 0 Å². The van der Waals surface area contributed by atoms with Gasteiger partial charge in [0.2, 0.25) is 0 Å². The van der Waals surface area contributed by atoms with Crippen molar-refractivity contribution in [2.75, 3.05) is 0 Å². The topological polar surface area (TPSA) is 52.6 Å². The Balaban J connectivity index is 1.97. The van der Waals surface area contributed by atoms with E-state index in [2.05, 4.69) is 13.2 Å². The van der Waals surface area contributed by atoms with Gasteiger partial charge in [-0.3, -0.25) is 0 Å². The molecule has 2 atom stereocenters. The van der Waals surface area contributed by atoms with Gasteiger partial charge in [0.15, 0.2) is 0 Å². The Bertz CT molecular complexity index is 373. The zero-order valence-electron chi connectivity index (χ0n) is 10.9. The van der Waals surface area contributed by atoms with Gasteiger partial charge >= 0.3 is 11.9 Å². The van der Waals surface area contributed by atoms with Crippen LogP contribution >= 0.6 is 0 Å². The average Bonchev–Trinajstić information content (AvgIpc) is 2.65. The lowest BCUT2D eigenvalue weighted by atomic mass is 9.87. The fourth-order valence-corrected chi connectivity index (χ4v) is 2.52. The van der Waals surface area contributed by atoms with Crippen LogP contribution in [0, 0.1) is 0 Å². The number of rotatable bonds is 3. The summed E-state index contributed by atoms with van der Waals surface area (Å²) in [7, 11) is 0. The summed E-state index contributed by atoms with van der Waals surface area (Å²) < 4.78 is 10.6. The van der Waals surface area contributed by atoms with Gasteiger partial charge in [-0.25, -0.2) is 9.59 Å². The van der Waals surface area contributed by atoms with Crippen molar-refractivity contribution in [1.29, 1.82) is 0 Å². The molecular weight excluding hydrogens is 232 g/mol. The second-order valence-electron chi connectivity index (χ2n) is 5.74. The van der Waals surface area contributed by atoms with Crippen LogP contribution in [0.1, 0.15) is 39.5 Å². The van der Waals surface area contributed by atoms with E-state index in [0.29, 0.717) is 36.8 Å². The van der Waals surface area contributed by atoms with E-state index in [4.69, 9.17) is 9.47 Å². The zero-order chi connectivity index (χ0) is 13.6. The van der Waals surface area contributed by atoms with E-state index < -0.39 is 11.2 Å². The van der Waals surface area contributed by atoms with E-state index >= 15 is 0 Å². The third-order valence-corrected chi connectivity index (χ3v) is 3.61. The highest BCUT2D eigenvalue weighted by Gasteiger charge is 2.43. The minimum Gasteiger partial charge on any atom is -0.456 e. The fourth-order valence-electron chi connectivity index (χ4n) is 2.52. The highest BCUT2D eigenvalue weighted by molar-refractivity contribution is 5.91. The summed E-state index contributed by atoms with van der Waals surface area (Å²) in [5, 5.41) is 0. The van der Waals surface area contributed by atoms with Crippen LogP contribution in [0.5, 0.6) is 0 Å². The molecule has 0 amide bonds. The first-order valence-corrected chi connectivity index (χ1v) is 6.05. The van der Waals surface area contributed by atoms with Gasteiger partial charge in [-0.15, -0.1) is 0 Å². The summed E-state index contributed by atoms with van der Waals surface area (Å²) in [5.41, 5.74) is -0.0213. The van der Waals surface area contributed by atoms with Gasteiger partial charge in [-0.05, 0) is 26.7 Å². The maximum absolute atomic E-state index is 11.3. The molecule has 0 saturated carbocycles. The number of cyclic esters (lactones) is 2. The number of hydrogen-bond acceptors (Lipinski definition) is 4. The van der Waals surface area contributed by atoms with E-state index in [0.717, 1.165) is 0 Å². The second kappa shape index (κ2) is 3.97. The molecule has 98 valence electrons. The second-order valence-corrected chi connectivity index (χ2v) is 5.74. The molecule has 2 saturated heterocycles. The number of ether oxygens (including phenoxy) is 2. The number of carbonyl (C=O) groups excluding carboxylic acids is 2. The quantitative estimate of drug-likeness (QED) is 0.569. The molecule has 0 spiro atoms. The Hall–Kier alpha value is -1.58. The Labute approximate surface area is 107 Å². The highest BCUT2D eigenvalue weighted by atomic mass is 16.6. The Morgan fingerprint density at radius 3 is 1.50 bits per heavy atom. The lowest BCUT2D eigenvalue weighted by Gasteiger charge is -2.28. The van der Waals surface area contributed by atoms with Gasteiger partial charge in [0.25, 0.3) is 0 Å². The van der Waals surface area contributed by atoms with Crippen molar-refractivity contribution in [3.63, 3.8) is 0 Å². The first-order chi connectivity index (χ1) is 8.23. The van der Waals surface area contributed by atoms with Crippen LogP contribution in [0.15, 0.2) is 24.3 Å². The van der Waals surface area contributed by atoms with Crippen molar-refractivity contribution in [3.05, 3.63) is 24.3 Å². The summed E-state index contributed by atoms with van der Waals surface area (Å²) in [5.74, 6) is -0.647. The summed E-state index contributed by atoms with van der Waals surface area (Å²) >= 11 is 0. The molecule has 0 N–H and O–H groups in total. The molecule has 4 heteroatoms. The molecule has 2 rings (SSSR count). The van der Waals surface area contributed by atoms with Gasteiger partial charge in [0, 0.05) is 24.0 Å². The molecule has 2 fully saturated rings. The molecule has 4 nitrogen and oxygen atoms in total. The van der Waals surface area contributed by atoms with Gasteiger partial charge in [0.1, 0.15) is 11.2 Å². The molecule has 2 aliphatic rings. The van der Waals surface area contributed by atoms with E-state index in [1.165, 1.54) is 0 Å². The van der Waals surface area contributed by atoms with E-state index in [-0.39, 0.29) is 11.9 Å². The first kappa shape index (κ1) is 12.9. The van der Waals surface area contributed by atoms with Crippen molar-refractivity contribution < 1.29 is 19.1 Å². The van der Waals surface area contributed by atoms with Gasteiger partial charge in [-0.1, -0.05) is 13.2 Å². The van der Waals surface area contributed by atoms with Crippen molar-refractivity contribution in [2.45, 2.75) is 50.7 Å². The van der Waals surface area contributed by atoms with Crippen LogP contribution in [-0.2, 0) is 19.1 Å². The summed E-state index contributed by atoms with van der Waals surface area (Å²) in [6.07, 6.45) is 2.37. The standard InChI is InChI=1S/C14H18O4/c1-9-7-13(3,17-11(9)15)5-6-14(4)8-10(2)12(16)18-14/h1-2,5-8H2,3-4H3/t13-,14+. The Morgan fingerprint density at radius 1 is 0.944 bits per heavy atom. The fraction of sp³-hybridized carbons (Fsp3) is 0.571. The molecule has 2 heterocycles. The summed E-state index contributed by atoms with van der Waals surface area (Å²) in [6.45, 7) is 11.1. The number of carbonyl (C=O) groups is 2. The molecule has 18 heavy (non-hydrogen) atoms. The SMILES string of the molecule is C=C1C[C@](C)(CC[C@]2(C)CC(=C)C(=O)O2)OC1=O. The Kier molecular flexibility index (Phi) is 2.84.